The van der Waals surface area contributed by atoms with E-state index in [2.05, 4.69) is 28.5 Å². The highest BCUT2D eigenvalue weighted by Gasteiger charge is 2.17. The number of aromatic nitrogens is 4. The van der Waals surface area contributed by atoms with Crippen LogP contribution < -0.4 is 14.8 Å². The lowest BCUT2D eigenvalue weighted by molar-refractivity contribution is 0.171. The molecule has 1 N–H and O–H groups in total. The summed E-state index contributed by atoms with van der Waals surface area (Å²) in [4.78, 5) is 0. The molecule has 1 atom stereocenters. The van der Waals surface area contributed by atoms with Crippen molar-refractivity contribution in [3.05, 3.63) is 52.7 Å². The Bertz CT molecular complexity index is 1110. The molecule has 0 saturated carbocycles. The van der Waals surface area contributed by atoms with Gasteiger partial charge in [-0.15, -0.1) is 15.3 Å². The standard InChI is InChI=1S/C20H19N5O2S/c1-2-15(13-3-4-16-17(11-13)27-9-8-26-16)21-18-5-6-19-22-23-20(25(19)24-18)14-7-10-28-12-14/h3-7,10-12,15H,2,8-9H2,1H3,(H,21,24). The molecule has 0 saturated heterocycles. The van der Waals surface area contributed by atoms with Crippen molar-refractivity contribution < 1.29 is 9.47 Å². The highest BCUT2D eigenvalue weighted by Crippen LogP contribution is 2.34. The smallest absolute Gasteiger partial charge is 0.186 e. The molecule has 1 aromatic carbocycles. The van der Waals surface area contributed by atoms with E-state index in [0.717, 1.165) is 46.3 Å². The topological polar surface area (TPSA) is 73.6 Å². The van der Waals surface area contributed by atoms with Gasteiger partial charge in [0.1, 0.15) is 19.0 Å². The zero-order chi connectivity index (χ0) is 18.9. The molecule has 1 aliphatic rings. The molecule has 28 heavy (non-hydrogen) atoms. The van der Waals surface area contributed by atoms with E-state index >= 15 is 0 Å². The van der Waals surface area contributed by atoms with E-state index in [1.165, 1.54) is 0 Å². The van der Waals surface area contributed by atoms with Crippen LogP contribution in [0, 0.1) is 0 Å². The van der Waals surface area contributed by atoms with Crippen molar-refractivity contribution in [2.75, 3.05) is 18.5 Å². The summed E-state index contributed by atoms with van der Waals surface area (Å²) in [6, 6.07) is 12.1. The van der Waals surface area contributed by atoms with E-state index in [-0.39, 0.29) is 6.04 Å². The summed E-state index contributed by atoms with van der Waals surface area (Å²) in [6.07, 6.45) is 0.902. The molecule has 0 aliphatic carbocycles. The Balaban J connectivity index is 1.45. The molecule has 0 radical (unpaired) electrons. The van der Waals surface area contributed by atoms with Crippen molar-refractivity contribution in [2.24, 2.45) is 0 Å². The molecule has 1 unspecified atom stereocenters. The lowest BCUT2D eigenvalue weighted by Crippen LogP contribution is -2.17. The van der Waals surface area contributed by atoms with Gasteiger partial charge in [0, 0.05) is 10.9 Å². The van der Waals surface area contributed by atoms with Crippen molar-refractivity contribution >= 4 is 22.8 Å². The number of thiophene rings is 1. The highest BCUT2D eigenvalue weighted by atomic mass is 32.1. The second-order valence-corrected chi connectivity index (χ2v) is 7.31. The van der Waals surface area contributed by atoms with E-state index in [1.807, 2.05) is 41.1 Å². The van der Waals surface area contributed by atoms with E-state index < -0.39 is 0 Å². The number of nitrogens with zero attached hydrogens (tertiary/aromatic N) is 4. The lowest BCUT2D eigenvalue weighted by atomic mass is 10.0. The molecule has 7 nitrogen and oxygen atoms in total. The van der Waals surface area contributed by atoms with Gasteiger partial charge < -0.3 is 14.8 Å². The fraction of sp³-hybridized carbons (Fsp3) is 0.250. The third-order valence-electron chi connectivity index (χ3n) is 4.74. The van der Waals surface area contributed by atoms with Gasteiger partial charge in [-0.25, -0.2) is 0 Å². The minimum absolute atomic E-state index is 0.0989. The van der Waals surface area contributed by atoms with Gasteiger partial charge in [-0.1, -0.05) is 13.0 Å². The van der Waals surface area contributed by atoms with Gasteiger partial charge in [-0.2, -0.15) is 15.9 Å². The fourth-order valence-electron chi connectivity index (χ4n) is 3.31. The molecule has 1 aliphatic heterocycles. The van der Waals surface area contributed by atoms with Gasteiger partial charge in [0.2, 0.25) is 0 Å². The summed E-state index contributed by atoms with van der Waals surface area (Å²) >= 11 is 1.63. The summed E-state index contributed by atoms with van der Waals surface area (Å²) in [5, 5.41) is 20.8. The molecule has 8 heteroatoms. The third-order valence-corrected chi connectivity index (χ3v) is 5.42. The van der Waals surface area contributed by atoms with Crippen LogP contribution in [0.2, 0.25) is 0 Å². The maximum Gasteiger partial charge on any atom is 0.186 e. The van der Waals surface area contributed by atoms with Crippen LogP contribution in [0.1, 0.15) is 24.9 Å². The summed E-state index contributed by atoms with van der Waals surface area (Å²) in [5.74, 6) is 3.11. The number of anilines is 1. The predicted molar refractivity (Wildman–Crippen MR) is 108 cm³/mol. The first-order valence-electron chi connectivity index (χ1n) is 9.23. The minimum atomic E-state index is 0.0989. The number of benzene rings is 1. The number of nitrogens with one attached hydrogen (secondary N) is 1. The van der Waals surface area contributed by atoms with E-state index in [4.69, 9.17) is 14.6 Å². The van der Waals surface area contributed by atoms with Crippen LogP contribution in [0.5, 0.6) is 11.5 Å². The first-order chi connectivity index (χ1) is 13.8. The SMILES string of the molecule is CCC(Nc1ccc2nnc(-c3ccsc3)n2n1)c1ccc2c(c1)OCCO2. The molecular weight excluding hydrogens is 374 g/mol. The molecule has 4 aromatic rings. The Hall–Kier alpha value is -3.13. The third kappa shape index (κ3) is 3.05. The van der Waals surface area contributed by atoms with Gasteiger partial charge in [0.15, 0.2) is 23.0 Å². The Kier molecular flexibility index (Phi) is 4.32. The van der Waals surface area contributed by atoms with E-state index in [9.17, 15) is 0 Å². The Labute approximate surface area is 165 Å². The highest BCUT2D eigenvalue weighted by molar-refractivity contribution is 7.08. The zero-order valence-corrected chi connectivity index (χ0v) is 16.1. The molecule has 0 spiro atoms. The van der Waals surface area contributed by atoms with Gasteiger partial charge >= 0.3 is 0 Å². The molecule has 0 bridgehead atoms. The number of ether oxygens (including phenoxy) is 2. The molecule has 0 fully saturated rings. The van der Waals surface area contributed by atoms with Crippen molar-refractivity contribution in [3.63, 3.8) is 0 Å². The van der Waals surface area contributed by atoms with Crippen LogP contribution in [-0.2, 0) is 0 Å². The summed E-state index contributed by atoms with van der Waals surface area (Å²) in [6.45, 7) is 3.32. The fourth-order valence-corrected chi connectivity index (χ4v) is 3.95. The number of hydrogen-bond donors (Lipinski definition) is 1. The Morgan fingerprint density at radius 3 is 2.82 bits per heavy atom. The van der Waals surface area contributed by atoms with E-state index in [1.54, 1.807) is 15.9 Å². The first kappa shape index (κ1) is 17.0. The van der Waals surface area contributed by atoms with Gasteiger partial charge in [-0.05, 0) is 47.7 Å². The molecule has 142 valence electrons. The second kappa shape index (κ2) is 7.12. The van der Waals surface area contributed by atoms with Crippen molar-refractivity contribution in [1.82, 2.24) is 19.8 Å². The summed E-state index contributed by atoms with van der Waals surface area (Å²) in [5.41, 5.74) is 2.87. The average molecular weight is 393 g/mol. The number of fused-ring (bicyclic) bond motifs is 2. The van der Waals surface area contributed by atoms with Crippen molar-refractivity contribution in [3.8, 4) is 22.9 Å². The van der Waals surface area contributed by atoms with Gasteiger partial charge in [0.25, 0.3) is 0 Å². The van der Waals surface area contributed by atoms with E-state index in [0.29, 0.717) is 13.2 Å². The first-order valence-corrected chi connectivity index (χ1v) is 10.2. The van der Waals surface area contributed by atoms with Crippen LogP contribution in [0.4, 0.5) is 5.82 Å². The zero-order valence-electron chi connectivity index (χ0n) is 15.3. The number of hydrogen-bond acceptors (Lipinski definition) is 7. The summed E-state index contributed by atoms with van der Waals surface area (Å²) in [7, 11) is 0. The Morgan fingerprint density at radius 2 is 2.00 bits per heavy atom. The monoisotopic (exact) mass is 393 g/mol. The molecular formula is C20H19N5O2S. The number of rotatable bonds is 5. The molecule has 4 heterocycles. The van der Waals surface area contributed by atoms with Crippen molar-refractivity contribution in [2.45, 2.75) is 19.4 Å². The van der Waals surface area contributed by atoms with Crippen LogP contribution in [0.25, 0.3) is 17.0 Å². The Morgan fingerprint density at radius 1 is 1.11 bits per heavy atom. The molecule has 3 aromatic heterocycles. The second-order valence-electron chi connectivity index (χ2n) is 6.53. The normalized spacial score (nSPS) is 14.2. The van der Waals surface area contributed by atoms with Crippen molar-refractivity contribution in [1.29, 1.82) is 0 Å². The van der Waals surface area contributed by atoms with Gasteiger partial charge in [0.05, 0.1) is 6.04 Å². The molecule has 5 rings (SSSR count). The predicted octanol–water partition coefficient (Wildman–Crippen LogP) is 4.19. The summed E-state index contributed by atoms with van der Waals surface area (Å²) < 4.78 is 13.1. The van der Waals surface area contributed by atoms with Crippen LogP contribution >= 0.6 is 11.3 Å². The van der Waals surface area contributed by atoms with Crippen LogP contribution in [0.3, 0.4) is 0 Å². The maximum atomic E-state index is 5.73. The van der Waals surface area contributed by atoms with Crippen LogP contribution in [0.15, 0.2) is 47.2 Å². The maximum absolute atomic E-state index is 5.73. The largest absolute Gasteiger partial charge is 0.486 e. The minimum Gasteiger partial charge on any atom is -0.486 e. The average Bonchev–Trinajstić information content (AvgIpc) is 3.41. The lowest BCUT2D eigenvalue weighted by Gasteiger charge is -2.22. The molecule has 0 amide bonds. The van der Waals surface area contributed by atoms with Gasteiger partial charge in [-0.3, -0.25) is 0 Å². The van der Waals surface area contributed by atoms with Crippen LogP contribution in [-0.4, -0.2) is 33.0 Å². The quantitative estimate of drug-likeness (QED) is 0.548.